The molecule has 0 atom stereocenters. The van der Waals surface area contributed by atoms with Crippen molar-refractivity contribution in [3.8, 4) is 0 Å². The number of aromatic nitrogens is 1. The van der Waals surface area contributed by atoms with E-state index < -0.39 is 0 Å². The van der Waals surface area contributed by atoms with Crippen LogP contribution in [0.5, 0.6) is 0 Å². The van der Waals surface area contributed by atoms with Gasteiger partial charge in [0.1, 0.15) is 5.84 Å². The van der Waals surface area contributed by atoms with E-state index in [4.69, 9.17) is 15.9 Å². The topological polar surface area (TPSA) is 78.5 Å². The number of likely N-dealkylation sites (N-methyl/N-ethyl adjacent to an activating group) is 1. The Bertz CT molecular complexity index is 454. The number of piperazine rings is 1. The van der Waals surface area contributed by atoms with Crippen molar-refractivity contribution in [2.45, 2.75) is 13.0 Å². The minimum Gasteiger partial charge on any atom is -0.383 e. The number of nitrogens with one attached hydrogen (secondary N) is 1. The van der Waals surface area contributed by atoms with Crippen molar-refractivity contribution >= 4 is 17.2 Å². The maximum Gasteiger partial charge on any atom is 0.135 e. The fourth-order valence-electron chi connectivity index (χ4n) is 2.28. The first-order valence-corrected chi connectivity index (χ1v) is 7.64. The Balaban J connectivity index is 1.92. The van der Waals surface area contributed by atoms with Crippen LogP contribution in [-0.2, 0) is 17.8 Å². The molecule has 1 aromatic heterocycles. The van der Waals surface area contributed by atoms with Crippen molar-refractivity contribution in [2.24, 2.45) is 5.73 Å². The lowest BCUT2D eigenvalue weighted by atomic mass is 10.3. The zero-order valence-electron chi connectivity index (χ0n) is 12.2. The normalized spacial score (nSPS) is 17.5. The Hall–Kier alpha value is -1.02. The number of thiazole rings is 1. The van der Waals surface area contributed by atoms with Crippen LogP contribution in [0.2, 0.25) is 0 Å². The predicted molar refractivity (Wildman–Crippen MR) is 81.5 cm³/mol. The van der Waals surface area contributed by atoms with Gasteiger partial charge in [0.05, 0.1) is 22.2 Å². The number of hydrogen-bond acceptors (Lipinski definition) is 6. The van der Waals surface area contributed by atoms with Gasteiger partial charge >= 0.3 is 0 Å². The molecule has 0 bridgehead atoms. The highest BCUT2D eigenvalue weighted by molar-refractivity contribution is 7.13. The molecular weight excluding hydrogens is 274 g/mol. The average molecular weight is 297 g/mol. The van der Waals surface area contributed by atoms with Crippen LogP contribution in [0, 0.1) is 5.41 Å². The minimum absolute atomic E-state index is 0.0837. The number of nitrogens with two attached hydrogens (primary N) is 1. The largest absolute Gasteiger partial charge is 0.383 e. The lowest BCUT2D eigenvalue weighted by molar-refractivity contribution is 0.155. The summed E-state index contributed by atoms with van der Waals surface area (Å²) < 4.78 is 5.11. The Morgan fingerprint density at radius 3 is 2.70 bits per heavy atom. The molecular formula is C13H23N5OS. The van der Waals surface area contributed by atoms with Crippen molar-refractivity contribution in [3.63, 3.8) is 0 Å². The van der Waals surface area contributed by atoms with E-state index in [-0.39, 0.29) is 5.84 Å². The van der Waals surface area contributed by atoms with Gasteiger partial charge in [0.25, 0.3) is 0 Å². The number of hydrogen-bond donors (Lipinski definition) is 2. The summed E-state index contributed by atoms with van der Waals surface area (Å²) >= 11 is 1.52. The smallest absolute Gasteiger partial charge is 0.135 e. The van der Waals surface area contributed by atoms with Crippen molar-refractivity contribution in [1.29, 1.82) is 5.41 Å². The summed E-state index contributed by atoms with van der Waals surface area (Å²) in [5, 5.41) is 8.64. The Morgan fingerprint density at radius 2 is 2.10 bits per heavy atom. The maximum absolute atomic E-state index is 7.59. The van der Waals surface area contributed by atoms with E-state index in [0.29, 0.717) is 6.61 Å². The molecule has 1 aliphatic rings. The summed E-state index contributed by atoms with van der Waals surface area (Å²) in [6, 6.07) is 0. The van der Waals surface area contributed by atoms with Gasteiger partial charge in [-0.3, -0.25) is 5.41 Å². The monoisotopic (exact) mass is 297 g/mol. The van der Waals surface area contributed by atoms with E-state index in [0.717, 1.165) is 54.7 Å². The van der Waals surface area contributed by atoms with E-state index in [1.165, 1.54) is 11.3 Å². The van der Waals surface area contributed by atoms with Crippen LogP contribution < -0.4 is 5.73 Å². The van der Waals surface area contributed by atoms with E-state index in [2.05, 4.69) is 21.8 Å². The second-order valence-corrected chi connectivity index (χ2v) is 6.21. The van der Waals surface area contributed by atoms with Crippen molar-refractivity contribution < 1.29 is 4.74 Å². The molecule has 3 N–H and O–H groups in total. The molecule has 112 valence electrons. The molecule has 20 heavy (non-hydrogen) atoms. The van der Waals surface area contributed by atoms with Crippen LogP contribution in [0.4, 0.5) is 0 Å². The lowest BCUT2D eigenvalue weighted by Gasteiger charge is -2.32. The first-order chi connectivity index (χ1) is 9.60. The third-order valence-corrected chi connectivity index (χ3v) is 4.70. The molecule has 0 unspecified atom stereocenters. The van der Waals surface area contributed by atoms with Gasteiger partial charge in [-0.1, -0.05) is 0 Å². The van der Waals surface area contributed by atoms with Crippen LogP contribution in [-0.4, -0.2) is 67.5 Å². The second-order valence-electron chi connectivity index (χ2n) is 5.13. The highest BCUT2D eigenvalue weighted by Gasteiger charge is 2.16. The van der Waals surface area contributed by atoms with Gasteiger partial charge in [0, 0.05) is 46.3 Å². The summed E-state index contributed by atoms with van der Waals surface area (Å²) in [7, 11) is 3.79. The first-order valence-electron chi connectivity index (χ1n) is 6.83. The quantitative estimate of drug-likeness (QED) is 0.586. The standard InChI is InChI=1S/C13H23N5OS/c1-17-5-7-18(8-6-17)4-3-11-16-10(9-19-2)12(20-11)13(14)15/h3-9H2,1-2H3,(H3,14,15). The summed E-state index contributed by atoms with van der Waals surface area (Å²) in [4.78, 5) is 10.1. The number of methoxy groups -OCH3 is 1. The van der Waals surface area contributed by atoms with Crippen molar-refractivity contribution in [2.75, 3.05) is 46.9 Å². The predicted octanol–water partition coefficient (Wildman–Crippen LogP) is 0.363. The molecule has 0 aliphatic carbocycles. The Kier molecular flexibility index (Phi) is 5.47. The Labute approximate surface area is 124 Å². The van der Waals surface area contributed by atoms with E-state index in [9.17, 15) is 0 Å². The van der Waals surface area contributed by atoms with Gasteiger partial charge in [-0.05, 0) is 7.05 Å². The molecule has 2 rings (SSSR count). The number of nitrogens with zero attached hydrogens (tertiary/aromatic N) is 3. The molecule has 7 heteroatoms. The molecule has 0 amide bonds. The van der Waals surface area contributed by atoms with Gasteiger partial charge in [-0.2, -0.15) is 0 Å². The van der Waals surface area contributed by atoms with Gasteiger partial charge in [-0.15, -0.1) is 11.3 Å². The van der Waals surface area contributed by atoms with Crippen LogP contribution in [0.3, 0.4) is 0 Å². The second kappa shape index (κ2) is 7.12. The average Bonchev–Trinajstić information content (AvgIpc) is 2.82. The minimum atomic E-state index is 0.0837. The van der Waals surface area contributed by atoms with Crippen LogP contribution in [0.1, 0.15) is 15.6 Å². The Morgan fingerprint density at radius 1 is 1.40 bits per heavy atom. The van der Waals surface area contributed by atoms with E-state index >= 15 is 0 Å². The van der Waals surface area contributed by atoms with E-state index in [1.54, 1.807) is 7.11 Å². The molecule has 1 aromatic rings. The highest BCUT2D eigenvalue weighted by atomic mass is 32.1. The van der Waals surface area contributed by atoms with Gasteiger partial charge in [0.15, 0.2) is 0 Å². The molecule has 1 saturated heterocycles. The van der Waals surface area contributed by atoms with Crippen molar-refractivity contribution in [1.82, 2.24) is 14.8 Å². The number of nitrogen functional groups attached to an aromatic ring is 1. The third kappa shape index (κ3) is 3.99. The molecule has 2 heterocycles. The SMILES string of the molecule is COCc1nc(CCN2CCN(C)CC2)sc1C(=N)N. The molecule has 1 aliphatic heterocycles. The number of rotatable bonds is 6. The van der Waals surface area contributed by atoms with Crippen LogP contribution >= 0.6 is 11.3 Å². The fourth-order valence-corrected chi connectivity index (χ4v) is 3.20. The summed E-state index contributed by atoms with van der Waals surface area (Å²) in [6.07, 6.45) is 0.915. The van der Waals surface area contributed by atoms with Crippen LogP contribution in [0.15, 0.2) is 0 Å². The summed E-state index contributed by atoms with van der Waals surface area (Å²) in [5.74, 6) is 0.0837. The van der Waals surface area contributed by atoms with Crippen LogP contribution in [0.25, 0.3) is 0 Å². The van der Waals surface area contributed by atoms with E-state index in [1.807, 2.05) is 0 Å². The van der Waals surface area contributed by atoms with Gasteiger partial charge < -0.3 is 20.3 Å². The summed E-state index contributed by atoms with van der Waals surface area (Å²) in [6.45, 7) is 5.93. The number of amidine groups is 1. The van der Waals surface area contributed by atoms with Gasteiger partial charge in [0.2, 0.25) is 0 Å². The molecule has 0 saturated carbocycles. The molecule has 0 aromatic carbocycles. The zero-order chi connectivity index (χ0) is 14.5. The zero-order valence-corrected chi connectivity index (χ0v) is 13.0. The van der Waals surface area contributed by atoms with Crippen molar-refractivity contribution in [3.05, 3.63) is 15.6 Å². The summed E-state index contributed by atoms with van der Waals surface area (Å²) in [5.41, 5.74) is 6.38. The molecule has 1 fully saturated rings. The molecule has 6 nitrogen and oxygen atoms in total. The lowest BCUT2D eigenvalue weighted by Crippen LogP contribution is -2.45. The number of ether oxygens (including phenoxy) is 1. The molecule has 0 radical (unpaired) electrons. The first kappa shape index (κ1) is 15.4. The third-order valence-electron chi connectivity index (χ3n) is 3.51. The fraction of sp³-hybridized carbons (Fsp3) is 0.692. The maximum atomic E-state index is 7.59. The molecule has 0 spiro atoms. The highest BCUT2D eigenvalue weighted by Crippen LogP contribution is 2.19. The van der Waals surface area contributed by atoms with Gasteiger partial charge in [-0.25, -0.2) is 4.98 Å².